The van der Waals surface area contributed by atoms with Gasteiger partial charge in [0.2, 0.25) is 0 Å². The first-order chi connectivity index (χ1) is 7.66. The summed E-state index contributed by atoms with van der Waals surface area (Å²) in [4.78, 5) is 10.8. The normalized spacial score (nSPS) is 10.3. The lowest BCUT2D eigenvalue weighted by Gasteiger charge is -2.10. The number of carbonyl (C=O) groups is 1. The summed E-state index contributed by atoms with van der Waals surface area (Å²) in [6.45, 7) is 1.96. The van der Waals surface area contributed by atoms with Crippen molar-refractivity contribution < 1.29 is 9.90 Å². The van der Waals surface area contributed by atoms with E-state index in [-0.39, 0.29) is 6.42 Å². The van der Waals surface area contributed by atoms with E-state index in [4.69, 9.17) is 5.11 Å². The fraction of sp³-hybridized carbons (Fsp3) is 0.154. The van der Waals surface area contributed by atoms with Gasteiger partial charge in [0, 0.05) is 18.1 Å². The minimum atomic E-state index is -0.806. The van der Waals surface area contributed by atoms with Gasteiger partial charge in [0.1, 0.15) is 0 Å². The first-order valence-electron chi connectivity index (χ1n) is 5.11. The second-order valence-electron chi connectivity index (χ2n) is 3.79. The summed E-state index contributed by atoms with van der Waals surface area (Å²) in [5.74, 6) is -0.806. The zero-order valence-corrected chi connectivity index (χ0v) is 9.05. The fourth-order valence-corrected chi connectivity index (χ4v) is 1.77. The maximum atomic E-state index is 10.8. The molecule has 0 atom stereocenters. The topological polar surface area (TPSA) is 42.2 Å². The van der Waals surface area contributed by atoms with Crippen molar-refractivity contribution in [3.63, 3.8) is 0 Å². The smallest absolute Gasteiger partial charge is 0.307 e. The van der Waals surface area contributed by atoms with Crippen LogP contribution in [0.2, 0.25) is 0 Å². The number of hydrogen-bond donors (Lipinski definition) is 1. The molecule has 1 aromatic carbocycles. The van der Waals surface area contributed by atoms with Crippen molar-refractivity contribution in [3.8, 4) is 5.69 Å². The molecule has 1 heterocycles. The van der Waals surface area contributed by atoms with Crippen LogP contribution in [0.1, 0.15) is 11.1 Å². The van der Waals surface area contributed by atoms with Crippen LogP contribution in [0.3, 0.4) is 0 Å². The second-order valence-corrected chi connectivity index (χ2v) is 3.79. The molecule has 0 spiro atoms. The highest BCUT2D eigenvalue weighted by Crippen LogP contribution is 2.17. The van der Waals surface area contributed by atoms with Gasteiger partial charge in [0.05, 0.1) is 6.42 Å². The summed E-state index contributed by atoms with van der Waals surface area (Å²) in [7, 11) is 0. The fourth-order valence-electron chi connectivity index (χ4n) is 1.77. The van der Waals surface area contributed by atoms with E-state index in [2.05, 4.69) is 0 Å². The number of benzene rings is 1. The summed E-state index contributed by atoms with van der Waals surface area (Å²) < 4.78 is 1.93. The first-order valence-corrected chi connectivity index (χ1v) is 5.11. The highest BCUT2D eigenvalue weighted by Gasteiger charge is 2.08. The van der Waals surface area contributed by atoms with Gasteiger partial charge in [-0.2, -0.15) is 0 Å². The van der Waals surface area contributed by atoms with Crippen molar-refractivity contribution >= 4 is 5.97 Å². The first kappa shape index (κ1) is 10.5. The number of aliphatic carboxylic acids is 1. The zero-order chi connectivity index (χ0) is 11.5. The van der Waals surface area contributed by atoms with Crippen molar-refractivity contribution in [3.05, 3.63) is 53.9 Å². The Morgan fingerprint density at radius 3 is 2.62 bits per heavy atom. The molecule has 0 unspecified atom stereocenters. The average molecular weight is 215 g/mol. The summed E-state index contributed by atoms with van der Waals surface area (Å²) in [5.41, 5.74) is 2.84. The van der Waals surface area contributed by atoms with Gasteiger partial charge in [-0.1, -0.05) is 17.7 Å². The molecule has 0 bridgehead atoms. The Balaban J connectivity index is 2.48. The van der Waals surface area contributed by atoms with Crippen LogP contribution in [0.4, 0.5) is 0 Å². The Labute approximate surface area is 94.0 Å². The maximum Gasteiger partial charge on any atom is 0.307 e. The maximum absolute atomic E-state index is 10.8. The predicted octanol–water partition coefficient (Wildman–Crippen LogP) is 2.41. The van der Waals surface area contributed by atoms with Crippen LogP contribution >= 0.6 is 0 Å². The van der Waals surface area contributed by atoms with Crippen LogP contribution in [0.5, 0.6) is 0 Å². The number of carboxylic acids is 1. The van der Waals surface area contributed by atoms with Crippen molar-refractivity contribution in [1.82, 2.24) is 4.57 Å². The number of aromatic nitrogens is 1. The minimum Gasteiger partial charge on any atom is -0.481 e. The van der Waals surface area contributed by atoms with E-state index in [1.54, 1.807) is 0 Å². The third-order valence-electron chi connectivity index (χ3n) is 2.46. The molecule has 0 saturated carbocycles. The van der Waals surface area contributed by atoms with Crippen molar-refractivity contribution in [1.29, 1.82) is 0 Å². The van der Waals surface area contributed by atoms with Crippen LogP contribution in [0.15, 0.2) is 42.7 Å². The van der Waals surface area contributed by atoms with E-state index in [9.17, 15) is 4.79 Å². The van der Waals surface area contributed by atoms with Crippen LogP contribution in [0, 0.1) is 6.92 Å². The van der Waals surface area contributed by atoms with Gasteiger partial charge in [-0.3, -0.25) is 4.79 Å². The standard InChI is InChI=1S/C13H13NO2/c1-10-4-5-12(14-6-2-3-7-14)11(8-10)9-13(15)16/h2-8H,9H2,1H3,(H,15,16). The monoisotopic (exact) mass is 215 g/mol. The molecule has 0 amide bonds. The number of carboxylic acid groups (broad SMARTS) is 1. The Bertz CT molecular complexity index is 501. The molecule has 2 aromatic rings. The minimum absolute atomic E-state index is 0.0508. The Morgan fingerprint density at radius 2 is 2.00 bits per heavy atom. The summed E-state index contributed by atoms with van der Waals surface area (Å²) in [6.07, 6.45) is 3.88. The molecular formula is C13H13NO2. The van der Waals surface area contributed by atoms with Gasteiger partial charge in [-0.05, 0) is 30.7 Å². The molecule has 2 rings (SSSR count). The molecule has 0 radical (unpaired) electrons. The van der Waals surface area contributed by atoms with Gasteiger partial charge < -0.3 is 9.67 Å². The molecule has 0 saturated heterocycles. The van der Waals surface area contributed by atoms with E-state index < -0.39 is 5.97 Å². The Hall–Kier alpha value is -2.03. The van der Waals surface area contributed by atoms with Crippen molar-refractivity contribution in [2.24, 2.45) is 0 Å². The number of aryl methyl sites for hydroxylation is 1. The van der Waals surface area contributed by atoms with Gasteiger partial charge in [0.15, 0.2) is 0 Å². The third-order valence-corrected chi connectivity index (χ3v) is 2.46. The van der Waals surface area contributed by atoms with E-state index in [1.807, 2.05) is 54.2 Å². The quantitative estimate of drug-likeness (QED) is 0.854. The lowest BCUT2D eigenvalue weighted by atomic mass is 10.1. The number of hydrogen-bond acceptors (Lipinski definition) is 1. The molecule has 0 fully saturated rings. The Morgan fingerprint density at radius 1 is 1.31 bits per heavy atom. The molecule has 82 valence electrons. The largest absolute Gasteiger partial charge is 0.481 e. The lowest BCUT2D eigenvalue weighted by Crippen LogP contribution is -2.05. The van der Waals surface area contributed by atoms with Crippen LogP contribution in [-0.2, 0) is 11.2 Å². The van der Waals surface area contributed by atoms with Gasteiger partial charge in [-0.25, -0.2) is 0 Å². The third kappa shape index (κ3) is 2.14. The van der Waals surface area contributed by atoms with E-state index in [0.717, 1.165) is 16.8 Å². The van der Waals surface area contributed by atoms with Gasteiger partial charge in [-0.15, -0.1) is 0 Å². The Kier molecular flexibility index (Phi) is 2.77. The summed E-state index contributed by atoms with van der Waals surface area (Å²) in [5, 5.41) is 8.87. The van der Waals surface area contributed by atoms with Crippen LogP contribution < -0.4 is 0 Å². The van der Waals surface area contributed by atoms with Crippen molar-refractivity contribution in [2.45, 2.75) is 13.3 Å². The van der Waals surface area contributed by atoms with Gasteiger partial charge in [0.25, 0.3) is 0 Å². The van der Waals surface area contributed by atoms with E-state index in [1.165, 1.54) is 0 Å². The molecule has 1 N–H and O–H groups in total. The average Bonchev–Trinajstić information content (AvgIpc) is 2.69. The van der Waals surface area contributed by atoms with Crippen LogP contribution in [-0.4, -0.2) is 15.6 Å². The molecule has 0 aliphatic rings. The predicted molar refractivity (Wildman–Crippen MR) is 61.8 cm³/mol. The molecule has 3 nitrogen and oxygen atoms in total. The molecule has 16 heavy (non-hydrogen) atoms. The van der Waals surface area contributed by atoms with E-state index >= 15 is 0 Å². The molecule has 0 aliphatic heterocycles. The number of nitrogens with zero attached hydrogens (tertiary/aromatic N) is 1. The highest BCUT2D eigenvalue weighted by atomic mass is 16.4. The molecular weight excluding hydrogens is 202 g/mol. The summed E-state index contributed by atoms with van der Waals surface area (Å²) >= 11 is 0. The van der Waals surface area contributed by atoms with Crippen LogP contribution in [0.25, 0.3) is 5.69 Å². The molecule has 1 aromatic heterocycles. The lowest BCUT2D eigenvalue weighted by molar-refractivity contribution is -0.136. The second kappa shape index (κ2) is 4.23. The zero-order valence-electron chi connectivity index (χ0n) is 9.05. The summed E-state index contributed by atoms with van der Waals surface area (Å²) in [6, 6.07) is 9.70. The van der Waals surface area contributed by atoms with Gasteiger partial charge >= 0.3 is 5.97 Å². The van der Waals surface area contributed by atoms with Crippen molar-refractivity contribution in [2.75, 3.05) is 0 Å². The number of rotatable bonds is 3. The SMILES string of the molecule is Cc1ccc(-n2cccc2)c(CC(=O)O)c1. The van der Waals surface area contributed by atoms with E-state index in [0.29, 0.717) is 0 Å². The highest BCUT2D eigenvalue weighted by molar-refractivity contribution is 5.72. The molecule has 3 heteroatoms. The molecule has 0 aliphatic carbocycles.